The summed E-state index contributed by atoms with van der Waals surface area (Å²) in [6, 6.07) is 1.48. The quantitative estimate of drug-likeness (QED) is 0.272. The van der Waals surface area contributed by atoms with Crippen LogP contribution in [0.5, 0.6) is 5.75 Å². The second kappa shape index (κ2) is 3.37. The van der Waals surface area contributed by atoms with Gasteiger partial charge in [-0.2, -0.15) is 0 Å². The van der Waals surface area contributed by atoms with E-state index in [1.165, 1.54) is 0 Å². The van der Waals surface area contributed by atoms with Gasteiger partial charge in [-0.05, 0) is 6.07 Å². The predicted octanol–water partition coefficient (Wildman–Crippen LogP) is -0.470. The van der Waals surface area contributed by atoms with Gasteiger partial charge in [0.2, 0.25) is 15.8 Å². The molecule has 0 spiro atoms. The Morgan fingerprint density at radius 1 is 1.40 bits per heavy atom. The summed E-state index contributed by atoms with van der Waals surface area (Å²) in [6.07, 6.45) is 0. The zero-order chi connectivity index (χ0) is 11.8. The molecule has 1 rings (SSSR count). The van der Waals surface area contributed by atoms with Gasteiger partial charge in [0.05, 0.1) is 15.5 Å². The Bertz CT molecular complexity index is 524. The number of anilines is 1. The summed E-state index contributed by atoms with van der Waals surface area (Å²) in [7, 11) is -4.09. The zero-order valence-corrected chi connectivity index (χ0v) is 8.06. The van der Waals surface area contributed by atoms with Gasteiger partial charge in [0.1, 0.15) is 0 Å². The first kappa shape index (κ1) is 11.2. The summed E-state index contributed by atoms with van der Waals surface area (Å²) in [5.41, 5.74) is 3.95. The van der Waals surface area contributed by atoms with Crippen molar-refractivity contribution in [2.75, 3.05) is 5.73 Å². The first-order valence-electron chi connectivity index (χ1n) is 3.53. The van der Waals surface area contributed by atoms with E-state index in [9.17, 15) is 18.5 Å². The van der Waals surface area contributed by atoms with Crippen LogP contribution in [-0.4, -0.2) is 18.4 Å². The first-order valence-corrected chi connectivity index (χ1v) is 5.08. The maximum Gasteiger partial charge on any atom is 0.314 e. The molecule has 0 aliphatic carbocycles. The third kappa shape index (κ3) is 2.14. The Kier molecular flexibility index (Phi) is 2.51. The topological polar surface area (TPSA) is 150 Å². The van der Waals surface area contributed by atoms with Gasteiger partial charge in [0.25, 0.3) is 0 Å². The molecule has 8 nitrogen and oxygen atoms in total. The molecule has 1 aromatic rings. The molecule has 0 saturated heterocycles. The number of nitrogens with zero attached hydrogens (tertiary/aromatic N) is 1. The van der Waals surface area contributed by atoms with Crippen molar-refractivity contribution < 1.29 is 18.4 Å². The minimum atomic E-state index is -4.09. The zero-order valence-electron chi connectivity index (χ0n) is 7.25. The molecule has 0 aliphatic heterocycles. The Morgan fingerprint density at radius 3 is 2.33 bits per heavy atom. The van der Waals surface area contributed by atoms with Crippen LogP contribution in [0, 0.1) is 10.1 Å². The molecular weight excluding hydrogens is 226 g/mol. The highest BCUT2D eigenvalue weighted by Gasteiger charge is 2.21. The average Bonchev–Trinajstić information content (AvgIpc) is 2.06. The van der Waals surface area contributed by atoms with Crippen molar-refractivity contribution >= 4 is 21.4 Å². The van der Waals surface area contributed by atoms with Crippen LogP contribution in [0.25, 0.3) is 0 Å². The lowest BCUT2D eigenvalue weighted by Crippen LogP contribution is -2.13. The molecule has 0 heterocycles. The minimum Gasteiger partial charge on any atom is -0.501 e. The molecular formula is C6H7N3O5S. The predicted molar refractivity (Wildman–Crippen MR) is 50.5 cm³/mol. The van der Waals surface area contributed by atoms with Crippen molar-refractivity contribution in [1.29, 1.82) is 0 Å². The Hall–Kier alpha value is -1.87. The standard InChI is InChI=1S/C6H7N3O5S/c7-4-1-3(15(8,13)14)2-5(6(4)10)9(11)12/h1-2,10H,7H2,(H2,8,13,14). The van der Waals surface area contributed by atoms with Crippen molar-refractivity contribution in [3.63, 3.8) is 0 Å². The molecule has 0 unspecified atom stereocenters. The molecule has 0 atom stereocenters. The lowest BCUT2D eigenvalue weighted by Gasteiger charge is -2.03. The Labute approximate surface area is 84.3 Å². The van der Waals surface area contributed by atoms with E-state index in [0.29, 0.717) is 6.07 Å². The van der Waals surface area contributed by atoms with Crippen molar-refractivity contribution in [3.05, 3.63) is 22.2 Å². The molecule has 0 bridgehead atoms. The third-order valence-electron chi connectivity index (χ3n) is 1.62. The van der Waals surface area contributed by atoms with Crippen LogP contribution in [0.2, 0.25) is 0 Å². The van der Waals surface area contributed by atoms with Crippen LogP contribution in [0.1, 0.15) is 0 Å². The summed E-state index contributed by atoms with van der Waals surface area (Å²) in [5, 5.41) is 24.3. The van der Waals surface area contributed by atoms with E-state index in [2.05, 4.69) is 0 Å². The normalized spacial score (nSPS) is 11.3. The number of phenolic OH excluding ortho intramolecular Hbond substituents is 1. The summed E-state index contributed by atoms with van der Waals surface area (Å²) in [5.74, 6) is -0.785. The monoisotopic (exact) mass is 233 g/mol. The van der Waals surface area contributed by atoms with E-state index in [1.54, 1.807) is 0 Å². The van der Waals surface area contributed by atoms with E-state index < -0.39 is 37.0 Å². The molecule has 9 heteroatoms. The molecule has 82 valence electrons. The molecule has 5 N–H and O–H groups in total. The number of hydrogen-bond acceptors (Lipinski definition) is 6. The molecule has 0 radical (unpaired) electrons. The van der Waals surface area contributed by atoms with Gasteiger partial charge < -0.3 is 10.8 Å². The maximum absolute atomic E-state index is 10.9. The van der Waals surface area contributed by atoms with Crippen LogP contribution in [0.4, 0.5) is 11.4 Å². The van der Waals surface area contributed by atoms with E-state index >= 15 is 0 Å². The number of nitro benzene ring substituents is 1. The van der Waals surface area contributed by atoms with E-state index in [4.69, 9.17) is 16.0 Å². The molecule has 0 amide bonds. The number of primary sulfonamides is 1. The molecule has 15 heavy (non-hydrogen) atoms. The highest BCUT2D eigenvalue weighted by atomic mass is 32.2. The highest BCUT2D eigenvalue weighted by molar-refractivity contribution is 7.89. The van der Waals surface area contributed by atoms with E-state index in [-0.39, 0.29) is 0 Å². The number of phenols is 1. The average molecular weight is 233 g/mol. The maximum atomic E-state index is 10.9. The largest absolute Gasteiger partial charge is 0.501 e. The number of nitro groups is 1. The summed E-state index contributed by atoms with van der Waals surface area (Å²) >= 11 is 0. The van der Waals surface area contributed by atoms with Gasteiger partial charge in [-0.15, -0.1) is 0 Å². The van der Waals surface area contributed by atoms with Crippen LogP contribution in [0.3, 0.4) is 0 Å². The smallest absolute Gasteiger partial charge is 0.314 e. The number of aromatic hydroxyl groups is 1. The summed E-state index contributed by atoms with van der Waals surface area (Å²) in [4.78, 5) is 8.93. The van der Waals surface area contributed by atoms with Gasteiger partial charge in [0, 0.05) is 6.07 Å². The minimum absolute atomic E-state index is 0.423. The van der Waals surface area contributed by atoms with Crippen LogP contribution in [-0.2, 0) is 10.0 Å². The van der Waals surface area contributed by atoms with Crippen molar-refractivity contribution in [3.8, 4) is 5.75 Å². The lowest BCUT2D eigenvalue weighted by atomic mass is 10.2. The molecule has 0 fully saturated rings. The van der Waals surface area contributed by atoms with Crippen LogP contribution >= 0.6 is 0 Å². The number of nitrogens with two attached hydrogens (primary N) is 2. The third-order valence-corrected chi connectivity index (χ3v) is 2.51. The fourth-order valence-electron chi connectivity index (χ4n) is 0.918. The van der Waals surface area contributed by atoms with Crippen LogP contribution in [0.15, 0.2) is 17.0 Å². The van der Waals surface area contributed by atoms with E-state index in [0.717, 1.165) is 6.07 Å². The fourth-order valence-corrected chi connectivity index (χ4v) is 1.48. The van der Waals surface area contributed by atoms with Crippen molar-refractivity contribution in [1.82, 2.24) is 0 Å². The van der Waals surface area contributed by atoms with Crippen LogP contribution < -0.4 is 10.9 Å². The van der Waals surface area contributed by atoms with Gasteiger partial charge in [-0.25, -0.2) is 13.6 Å². The molecule has 1 aromatic carbocycles. The second-order valence-electron chi connectivity index (χ2n) is 2.68. The number of nitrogen functional groups attached to an aromatic ring is 1. The molecule has 0 saturated carbocycles. The summed E-state index contributed by atoms with van der Waals surface area (Å²) < 4.78 is 21.8. The van der Waals surface area contributed by atoms with Gasteiger partial charge in [0.15, 0.2) is 0 Å². The lowest BCUT2D eigenvalue weighted by molar-refractivity contribution is -0.386. The molecule has 0 aromatic heterocycles. The first-order chi connectivity index (χ1) is 6.73. The van der Waals surface area contributed by atoms with Crippen molar-refractivity contribution in [2.45, 2.75) is 4.90 Å². The van der Waals surface area contributed by atoms with Gasteiger partial charge in [-0.3, -0.25) is 10.1 Å². The second-order valence-corrected chi connectivity index (χ2v) is 4.24. The Morgan fingerprint density at radius 2 is 1.93 bits per heavy atom. The number of benzene rings is 1. The highest BCUT2D eigenvalue weighted by Crippen LogP contribution is 2.34. The Balaban J connectivity index is 3.57. The fraction of sp³-hybridized carbons (Fsp3) is 0. The summed E-state index contributed by atoms with van der Waals surface area (Å²) in [6.45, 7) is 0. The number of hydrogen-bond donors (Lipinski definition) is 3. The number of rotatable bonds is 2. The molecule has 0 aliphatic rings. The van der Waals surface area contributed by atoms with Gasteiger partial charge >= 0.3 is 5.69 Å². The van der Waals surface area contributed by atoms with E-state index in [1.807, 2.05) is 0 Å². The number of sulfonamides is 1. The van der Waals surface area contributed by atoms with Crippen molar-refractivity contribution in [2.24, 2.45) is 5.14 Å². The SMILES string of the molecule is Nc1cc(S(N)(=O)=O)cc([N+](=O)[O-])c1O. The van der Waals surface area contributed by atoms with Gasteiger partial charge in [-0.1, -0.05) is 0 Å².